The highest BCUT2D eigenvalue weighted by Gasteiger charge is 2.20. The second kappa shape index (κ2) is 8.67. The minimum atomic E-state index is -0.633. The van der Waals surface area contributed by atoms with Gasteiger partial charge in [0.1, 0.15) is 24.3 Å². The van der Waals surface area contributed by atoms with Gasteiger partial charge in [-0.3, -0.25) is 0 Å². The van der Waals surface area contributed by atoms with Gasteiger partial charge in [0.05, 0.1) is 5.02 Å². The third-order valence-corrected chi connectivity index (χ3v) is 4.46. The molecule has 0 aromatic heterocycles. The van der Waals surface area contributed by atoms with E-state index in [-0.39, 0.29) is 11.6 Å². The van der Waals surface area contributed by atoms with Crippen LogP contribution in [0.1, 0.15) is 25.7 Å². The first kappa shape index (κ1) is 17.5. The molecule has 2 rings (SSSR count). The van der Waals surface area contributed by atoms with Gasteiger partial charge in [-0.1, -0.05) is 11.6 Å². The van der Waals surface area contributed by atoms with Gasteiger partial charge in [0.25, 0.3) is 0 Å². The molecule has 22 heavy (non-hydrogen) atoms. The molecule has 0 heterocycles. The maximum absolute atomic E-state index is 13.3. The zero-order valence-corrected chi connectivity index (χ0v) is 13.4. The average Bonchev–Trinajstić information content (AvgIpc) is 2.54. The van der Waals surface area contributed by atoms with E-state index in [1.807, 2.05) is 0 Å². The summed E-state index contributed by atoms with van der Waals surface area (Å²) in [7, 11) is 0. The topological polar surface area (TPSA) is 67.5 Å². The number of benzene rings is 1. The number of hydrogen-bond acceptors (Lipinski definition) is 4. The summed E-state index contributed by atoms with van der Waals surface area (Å²) in [4.78, 5) is 0. The van der Waals surface area contributed by atoms with E-state index < -0.39 is 11.9 Å². The molecule has 0 amide bonds. The maximum Gasteiger partial charge on any atom is 0.145 e. The van der Waals surface area contributed by atoms with Crippen molar-refractivity contribution in [1.29, 1.82) is 0 Å². The lowest BCUT2D eigenvalue weighted by molar-refractivity contribution is 0.101. The van der Waals surface area contributed by atoms with E-state index in [0.717, 1.165) is 32.2 Å². The van der Waals surface area contributed by atoms with Crippen LogP contribution >= 0.6 is 11.6 Å². The Morgan fingerprint density at radius 1 is 1.36 bits per heavy atom. The van der Waals surface area contributed by atoms with Crippen LogP contribution in [0.15, 0.2) is 18.2 Å². The largest absolute Gasteiger partial charge is 0.491 e. The molecule has 1 atom stereocenters. The Morgan fingerprint density at radius 3 is 2.73 bits per heavy atom. The monoisotopic (exact) mass is 330 g/mol. The molecular weight excluding hydrogens is 307 g/mol. The Morgan fingerprint density at radius 2 is 2.09 bits per heavy atom. The molecule has 0 radical (unpaired) electrons. The standard InChI is InChI=1S/C16H24ClFN2O2/c17-15-6-5-14(7-16(15)18)22-10-13(21)9-20-12-3-1-11(8-19)2-4-12/h5-7,11-13,20-21H,1-4,8-10,19H2/t11-,12-,13?. The molecule has 1 fully saturated rings. The minimum absolute atomic E-state index is 0.0580. The quantitative estimate of drug-likeness (QED) is 0.718. The maximum atomic E-state index is 13.3. The Bertz CT molecular complexity index is 467. The zero-order valence-electron chi connectivity index (χ0n) is 12.6. The van der Waals surface area contributed by atoms with Crippen molar-refractivity contribution >= 4 is 11.6 Å². The van der Waals surface area contributed by atoms with E-state index in [9.17, 15) is 9.50 Å². The number of aliphatic hydroxyl groups is 1. The number of nitrogens with two attached hydrogens (primary N) is 1. The summed E-state index contributed by atoms with van der Waals surface area (Å²) in [6, 6.07) is 4.67. The lowest BCUT2D eigenvalue weighted by Crippen LogP contribution is -2.40. The average molecular weight is 331 g/mol. The van der Waals surface area contributed by atoms with Crippen molar-refractivity contribution < 1.29 is 14.2 Å². The van der Waals surface area contributed by atoms with Gasteiger partial charge in [0.2, 0.25) is 0 Å². The first-order valence-electron chi connectivity index (χ1n) is 7.78. The zero-order chi connectivity index (χ0) is 15.9. The summed E-state index contributed by atoms with van der Waals surface area (Å²) in [6.07, 6.45) is 3.84. The minimum Gasteiger partial charge on any atom is -0.491 e. The molecule has 0 saturated heterocycles. The number of rotatable bonds is 7. The van der Waals surface area contributed by atoms with Gasteiger partial charge in [-0.25, -0.2) is 4.39 Å². The number of halogens is 2. The molecule has 124 valence electrons. The van der Waals surface area contributed by atoms with Gasteiger partial charge in [-0.15, -0.1) is 0 Å². The fourth-order valence-electron chi connectivity index (χ4n) is 2.72. The second-order valence-corrected chi connectivity index (χ2v) is 6.31. The summed E-state index contributed by atoms with van der Waals surface area (Å²) in [5.41, 5.74) is 5.67. The molecule has 4 N–H and O–H groups in total. The lowest BCUT2D eigenvalue weighted by Gasteiger charge is -2.29. The van der Waals surface area contributed by atoms with E-state index in [0.29, 0.717) is 24.3 Å². The van der Waals surface area contributed by atoms with Gasteiger partial charge in [0.15, 0.2) is 0 Å². The van der Waals surface area contributed by atoms with Gasteiger partial charge in [0, 0.05) is 18.7 Å². The number of nitrogens with one attached hydrogen (secondary N) is 1. The Labute approximate surface area is 135 Å². The normalized spacial score (nSPS) is 23.3. The van der Waals surface area contributed by atoms with Gasteiger partial charge in [-0.2, -0.15) is 0 Å². The summed E-state index contributed by atoms with van der Waals surface area (Å²) in [5, 5.41) is 13.4. The second-order valence-electron chi connectivity index (χ2n) is 5.90. The smallest absolute Gasteiger partial charge is 0.145 e. The Hall–Kier alpha value is -0.880. The predicted molar refractivity (Wildman–Crippen MR) is 85.7 cm³/mol. The van der Waals surface area contributed by atoms with E-state index >= 15 is 0 Å². The molecule has 1 aromatic rings. The van der Waals surface area contributed by atoms with E-state index in [1.165, 1.54) is 12.1 Å². The Balaban J connectivity index is 1.65. The highest BCUT2D eigenvalue weighted by molar-refractivity contribution is 6.30. The van der Waals surface area contributed by atoms with Crippen LogP contribution in [0.3, 0.4) is 0 Å². The fourth-order valence-corrected chi connectivity index (χ4v) is 2.84. The SMILES string of the molecule is NC[C@H]1CC[C@H](NCC(O)COc2ccc(Cl)c(F)c2)CC1. The first-order chi connectivity index (χ1) is 10.6. The van der Waals surface area contributed by atoms with Crippen LogP contribution in [-0.2, 0) is 0 Å². The van der Waals surface area contributed by atoms with Crippen LogP contribution < -0.4 is 15.8 Å². The summed E-state index contributed by atoms with van der Waals surface area (Å²) in [6.45, 7) is 1.35. The molecule has 0 aliphatic heterocycles. The van der Waals surface area contributed by atoms with Crippen molar-refractivity contribution in [3.8, 4) is 5.75 Å². The summed E-state index contributed by atoms with van der Waals surface area (Å²) < 4.78 is 18.6. The van der Waals surface area contributed by atoms with E-state index in [1.54, 1.807) is 6.07 Å². The van der Waals surface area contributed by atoms with Gasteiger partial charge in [-0.05, 0) is 50.3 Å². The van der Waals surface area contributed by atoms with Crippen LogP contribution in [0.4, 0.5) is 4.39 Å². The third kappa shape index (κ3) is 5.39. The molecule has 1 aromatic carbocycles. The number of ether oxygens (including phenoxy) is 1. The van der Waals surface area contributed by atoms with Crippen molar-refractivity contribution in [3.63, 3.8) is 0 Å². The highest BCUT2D eigenvalue weighted by atomic mass is 35.5. The fraction of sp³-hybridized carbons (Fsp3) is 0.625. The lowest BCUT2D eigenvalue weighted by atomic mass is 9.86. The molecule has 0 bridgehead atoms. The number of aliphatic hydroxyl groups excluding tert-OH is 1. The third-order valence-electron chi connectivity index (χ3n) is 4.16. The van der Waals surface area contributed by atoms with Crippen LogP contribution in [0, 0.1) is 11.7 Å². The molecule has 0 spiro atoms. The van der Waals surface area contributed by atoms with Crippen LogP contribution in [0.5, 0.6) is 5.75 Å². The van der Waals surface area contributed by atoms with Crippen molar-refractivity contribution in [3.05, 3.63) is 29.0 Å². The molecule has 1 aliphatic carbocycles. The molecule has 6 heteroatoms. The molecular formula is C16H24ClFN2O2. The van der Waals surface area contributed by atoms with Gasteiger partial charge < -0.3 is 20.9 Å². The van der Waals surface area contributed by atoms with Crippen molar-refractivity contribution in [2.24, 2.45) is 11.7 Å². The van der Waals surface area contributed by atoms with Crippen LogP contribution in [0.2, 0.25) is 5.02 Å². The Kier molecular flexibility index (Phi) is 6.89. The van der Waals surface area contributed by atoms with Crippen LogP contribution in [0.25, 0.3) is 0 Å². The van der Waals surface area contributed by atoms with Crippen molar-refractivity contribution in [1.82, 2.24) is 5.32 Å². The molecule has 4 nitrogen and oxygen atoms in total. The molecule has 1 unspecified atom stereocenters. The summed E-state index contributed by atoms with van der Waals surface area (Å²) >= 11 is 5.60. The molecule has 1 saturated carbocycles. The highest BCUT2D eigenvalue weighted by Crippen LogP contribution is 2.23. The van der Waals surface area contributed by atoms with Crippen molar-refractivity contribution in [2.45, 2.75) is 37.8 Å². The van der Waals surface area contributed by atoms with Crippen molar-refractivity contribution in [2.75, 3.05) is 19.7 Å². The van der Waals surface area contributed by atoms with E-state index in [4.69, 9.17) is 22.1 Å². The molecule has 1 aliphatic rings. The first-order valence-corrected chi connectivity index (χ1v) is 8.15. The van der Waals surface area contributed by atoms with Gasteiger partial charge >= 0.3 is 0 Å². The van der Waals surface area contributed by atoms with Crippen LogP contribution in [-0.4, -0.2) is 36.9 Å². The summed E-state index contributed by atoms with van der Waals surface area (Å²) in [5.74, 6) is 0.485. The number of hydrogen-bond donors (Lipinski definition) is 3. The predicted octanol–water partition coefficient (Wildman–Crippen LogP) is 2.33. The van der Waals surface area contributed by atoms with E-state index in [2.05, 4.69) is 5.32 Å².